The van der Waals surface area contributed by atoms with Gasteiger partial charge in [0.05, 0.1) is 11.4 Å². The van der Waals surface area contributed by atoms with Gasteiger partial charge in [-0.05, 0) is 37.5 Å². The molecule has 1 saturated carbocycles. The molecule has 0 aromatic heterocycles. The maximum Gasteiger partial charge on any atom is 0.250 e. The minimum absolute atomic E-state index is 0.182. The van der Waals surface area contributed by atoms with E-state index in [0.29, 0.717) is 0 Å². The highest BCUT2D eigenvalue weighted by Gasteiger charge is 2.46. The van der Waals surface area contributed by atoms with E-state index in [-0.39, 0.29) is 11.4 Å². The molecule has 0 radical (unpaired) electrons. The number of aryl methyl sites for hydroxylation is 1. The Bertz CT molecular complexity index is 489. The van der Waals surface area contributed by atoms with Crippen molar-refractivity contribution in [1.29, 1.82) is 0 Å². The molecule has 1 amide bonds. The van der Waals surface area contributed by atoms with Crippen molar-refractivity contribution in [2.75, 3.05) is 17.3 Å². The van der Waals surface area contributed by atoms with Gasteiger partial charge in [-0.1, -0.05) is 25.3 Å². The summed E-state index contributed by atoms with van der Waals surface area (Å²) in [4.78, 5) is 14.7. The van der Waals surface area contributed by atoms with Crippen LogP contribution in [0.15, 0.2) is 18.2 Å². The van der Waals surface area contributed by atoms with Crippen LogP contribution in [0.2, 0.25) is 0 Å². The number of benzene rings is 1. The van der Waals surface area contributed by atoms with E-state index < -0.39 is 0 Å². The molecule has 3 heteroatoms. The number of hydrogen-bond acceptors (Lipinski definition) is 2. The normalized spacial score (nSPS) is 21.7. The molecule has 1 N–H and O–H groups in total. The van der Waals surface area contributed by atoms with Crippen LogP contribution < -0.4 is 10.2 Å². The Balaban J connectivity index is 2.07. The summed E-state index contributed by atoms with van der Waals surface area (Å²) in [7, 11) is 2.07. The molecule has 0 saturated heterocycles. The van der Waals surface area contributed by atoms with Crippen molar-refractivity contribution >= 4 is 17.3 Å². The molecule has 1 aromatic carbocycles. The molecule has 0 bridgehead atoms. The summed E-state index contributed by atoms with van der Waals surface area (Å²) in [6.45, 7) is 2.10. The Morgan fingerprint density at radius 2 is 1.94 bits per heavy atom. The lowest BCUT2D eigenvalue weighted by molar-refractivity contribution is -0.122. The van der Waals surface area contributed by atoms with Gasteiger partial charge >= 0.3 is 0 Å². The van der Waals surface area contributed by atoms with E-state index >= 15 is 0 Å². The van der Waals surface area contributed by atoms with E-state index in [2.05, 4.69) is 30.3 Å². The van der Waals surface area contributed by atoms with Crippen LogP contribution in [0.1, 0.15) is 37.7 Å². The first-order chi connectivity index (χ1) is 8.63. The van der Waals surface area contributed by atoms with Crippen molar-refractivity contribution in [3.63, 3.8) is 0 Å². The quantitative estimate of drug-likeness (QED) is 0.760. The summed E-state index contributed by atoms with van der Waals surface area (Å²) in [6.07, 6.45) is 5.51. The average molecular weight is 244 g/mol. The van der Waals surface area contributed by atoms with Crippen molar-refractivity contribution in [3.8, 4) is 0 Å². The van der Waals surface area contributed by atoms with Crippen LogP contribution in [0.3, 0.4) is 0 Å². The molecule has 0 unspecified atom stereocenters. The number of hydrogen-bond donors (Lipinski definition) is 1. The summed E-state index contributed by atoms with van der Waals surface area (Å²) in [5.74, 6) is 0.182. The van der Waals surface area contributed by atoms with Gasteiger partial charge in [-0.25, -0.2) is 0 Å². The molecule has 1 heterocycles. The smallest absolute Gasteiger partial charge is 0.250 e. The molecular weight excluding hydrogens is 224 g/mol. The highest BCUT2D eigenvalue weighted by Crippen LogP contribution is 2.43. The van der Waals surface area contributed by atoms with E-state index in [9.17, 15) is 4.79 Å². The highest BCUT2D eigenvalue weighted by molar-refractivity contribution is 6.06. The fourth-order valence-corrected chi connectivity index (χ4v) is 3.35. The lowest BCUT2D eigenvalue weighted by Gasteiger charge is -2.48. The number of carbonyl (C=O) groups excluding carboxylic acids is 1. The standard InChI is InChI=1S/C15H20N2O/c1-11-6-7-12-13(10-11)17(2)15(14(18)16-12)8-4-3-5-9-15/h6-7,10H,3-5,8-9H2,1-2H3,(H,16,18). The Kier molecular flexibility index (Phi) is 2.58. The number of anilines is 2. The third-order valence-corrected chi connectivity index (χ3v) is 4.51. The maximum atomic E-state index is 12.5. The van der Waals surface area contributed by atoms with Crippen LogP contribution in [-0.2, 0) is 4.79 Å². The minimum atomic E-state index is -0.307. The largest absolute Gasteiger partial charge is 0.358 e. The predicted molar refractivity (Wildman–Crippen MR) is 74.0 cm³/mol. The fraction of sp³-hybridized carbons (Fsp3) is 0.533. The average Bonchev–Trinajstić information content (AvgIpc) is 2.39. The Labute approximate surface area is 108 Å². The number of amides is 1. The van der Waals surface area contributed by atoms with Crippen LogP contribution >= 0.6 is 0 Å². The zero-order chi connectivity index (χ0) is 12.8. The molecular formula is C15H20N2O. The number of carbonyl (C=O) groups is 1. The molecule has 96 valence electrons. The van der Waals surface area contributed by atoms with Crippen LogP contribution in [0.5, 0.6) is 0 Å². The molecule has 2 aliphatic rings. The van der Waals surface area contributed by atoms with Gasteiger partial charge in [-0.2, -0.15) is 0 Å². The lowest BCUT2D eigenvalue weighted by atomic mass is 9.78. The van der Waals surface area contributed by atoms with Crippen LogP contribution in [-0.4, -0.2) is 18.5 Å². The summed E-state index contributed by atoms with van der Waals surface area (Å²) in [5, 5.41) is 3.10. The van der Waals surface area contributed by atoms with Gasteiger partial charge in [0.2, 0.25) is 5.91 Å². The van der Waals surface area contributed by atoms with Crippen molar-refractivity contribution in [1.82, 2.24) is 0 Å². The molecule has 3 nitrogen and oxygen atoms in total. The third-order valence-electron chi connectivity index (χ3n) is 4.51. The number of likely N-dealkylation sites (N-methyl/N-ethyl adjacent to an activating group) is 1. The van der Waals surface area contributed by atoms with Gasteiger partial charge in [0.15, 0.2) is 0 Å². The maximum absolute atomic E-state index is 12.5. The Morgan fingerprint density at radius 1 is 1.22 bits per heavy atom. The number of rotatable bonds is 0. The number of fused-ring (bicyclic) bond motifs is 1. The number of nitrogens with one attached hydrogen (secondary N) is 1. The van der Waals surface area contributed by atoms with Gasteiger partial charge < -0.3 is 10.2 Å². The molecule has 3 rings (SSSR count). The van der Waals surface area contributed by atoms with Crippen molar-refractivity contribution in [2.24, 2.45) is 0 Å². The van der Waals surface area contributed by atoms with E-state index in [1.165, 1.54) is 12.0 Å². The van der Waals surface area contributed by atoms with Gasteiger partial charge in [0, 0.05) is 7.05 Å². The predicted octanol–water partition coefficient (Wildman–Crippen LogP) is 3.09. The Morgan fingerprint density at radius 3 is 2.67 bits per heavy atom. The molecule has 1 aromatic rings. The summed E-state index contributed by atoms with van der Waals surface area (Å²) >= 11 is 0. The van der Waals surface area contributed by atoms with Gasteiger partial charge in [-0.15, -0.1) is 0 Å². The zero-order valence-corrected chi connectivity index (χ0v) is 11.1. The fourth-order valence-electron chi connectivity index (χ4n) is 3.35. The van der Waals surface area contributed by atoms with E-state index in [0.717, 1.165) is 37.1 Å². The Hall–Kier alpha value is -1.51. The summed E-state index contributed by atoms with van der Waals surface area (Å²) < 4.78 is 0. The lowest BCUT2D eigenvalue weighted by Crippen LogP contribution is -2.59. The SMILES string of the molecule is Cc1ccc2c(c1)N(C)C1(CCCCC1)C(=O)N2. The topological polar surface area (TPSA) is 32.3 Å². The first-order valence-electron chi connectivity index (χ1n) is 6.79. The van der Waals surface area contributed by atoms with Crippen molar-refractivity contribution in [2.45, 2.75) is 44.6 Å². The molecule has 18 heavy (non-hydrogen) atoms. The van der Waals surface area contributed by atoms with Crippen LogP contribution in [0.4, 0.5) is 11.4 Å². The molecule has 1 aliphatic heterocycles. The van der Waals surface area contributed by atoms with E-state index in [1.54, 1.807) is 0 Å². The first kappa shape index (κ1) is 11.6. The molecule has 0 atom stereocenters. The van der Waals surface area contributed by atoms with Crippen LogP contribution in [0.25, 0.3) is 0 Å². The third kappa shape index (κ3) is 1.53. The van der Waals surface area contributed by atoms with E-state index in [1.807, 2.05) is 12.1 Å². The zero-order valence-electron chi connectivity index (χ0n) is 11.1. The van der Waals surface area contributed by atoms with Crippen LogP contribution in [0, 0.1) is 6.92 Å². The molecule has 1 fully saturated rings. The van der Waals surface area contributed by atoms with E-state index in [4.69, 9.17) is 0 Å². The van der Waals surface area contributed by atoms with Gasteiger partial charge in [-0.3, -0.25) is 4.79 Å². The summed E-state index contributed by atoms with van der Waals surface area (Å²) in [6, 6.07) is 6.23. The second-order valence-corrected chi connectivity index (χ2v) is 5.63. The minimum Gasteiger partial charge on any atom is -0.358 e. The molecule has 1 aliphatic carbocycles. The van der Waals surface area contributed by atoms with Gasteiger partial charge in [0.25, 0.3) is 0 Å². The molecule has 1 spiro atoms. The second-order valence-electron chi connectivity index (χ2n) is 5.63. The van der Waals surface area contributed by atoms with Crippen molar-refractivity contribution < 1.29 is 4.79 Å². The first-order valence-corrected chi connectivity index (χ1v) is 6.79. The monoisotopic (exact) mass is 244 g/mol. The second kappa shape index (κ2) is 4.01. The number of nitrogens with zero attached hydrogens (tertiary/aromatic N) is 1. The summed E-state index contributed by atoms with van der Waals surface area (Å²) in [5.41, 5.74) is 3.04. The van der Waals surface area contributed by atoms with Crippen molar-refractivity contribution in [3.05, 3.63) is 23.8 Å². The van der Waals surface area contributed by atoms with Gasteiger partial charge in [0.1, 0.15) is 5.54 Å². The highest BCUT2D eigenvalue weighted by atomic mass is 16.2.